The molecule has 33 heavy (non-hydrogen) atoms. The molecule has 3 saturated carbocycles. The summed E-state index contributed by atoms with van der Waals surface area (Å²) in [7, 11) is 0. The molecule has 3 N–H and O–H groups in total. The van der Waals surface area contributed by atoms with E-state index < -0.39 is 17.8 Å². The molecule has 0 aromatic rings. The molecule has 0 aromatic heterocycles. The Hall–Kier alpha value is -0.290. The van der Waals surface area contributed by atoms with Gasteiger partial charge in [0.2, 0.25) is 0 Å². The highest BCUT2D eigenvalue weighted by Gasteiger charge is 2.58. The highest BCUT2D eigenvalue weighted by atomic mass is 32.2. The minimum Gasteiger partial charge on any atom is -0.393 e. The standard InChI is InChI=1S/C29H48O3S/c1-6-29(32,7-2)14-8-16-33-19(3)23-11-12-24-22-10-9-20-17-21(30)18-26(31)28(20,5)25(22)13-15-27(23,24)4/h9-10,19,21,23-26,30-32H,6-8,11-18H2,1-5H3/t19?,21-,23-,24+,25+,26+,27-,28+/m1/s1. The van der Waals surface area contributed by atoms with Crippen molar-refractivity contribution in [2.45, 2.75) is 122 Å². The third-order valence-electron chi connectivity index (χ3n) is 10.8. The largest absolute Gasteiger partial charge is 0.393 e. The maximum Gasteiger partial charge on any atom is 0.0661 e. The average Bonchev–Trinajstić information content (AvgIpc) is 3.15. The molecular weight excluding hydrogens is 428 g/mol. The molecule has 0 radical (unpaired) electrons. The van der Waals surface area contributed by atoms with Crippen LogP contribution in [-0.4, -0.2) is 44.1 Å². The molecule has 0 aliphatic heterocycles. The minimum absolute atomic E-state index is 0.196. The van der Waals surface area contributed by atoms with E-state index in [1.807, 2.05) is 0 Å². The van der Waals surface area contributed by atoms with Crippen molar-refractivity contribution >= 4 is 11.8 Å². The van der Waals surface area contributed by atoms with Crippen LogP contribution in [0.1, 0.15) is 98.8 Å². The van der Waals surface area contributed by atoms with Crippen LogP contribution >= 0.6 is 11.8 Å². The van der Waals surface area contributed by atoms with Gasteiger partial charge in [-0.1, -0.05) is 57.9 Å². The summed E-state index contributed by atoms with van der Waals surface area (Å²) in [6, 6.07) is 0. The number of hydrogen-bond acceptors (Lipinski definition) is 4. The third-order valence-corrected chi connectivity index (χ3v) is 12.2. The molecule has 0 amide bonds. The molecule has 0 aromatic carbocycles. The van der Waals surface area contributed by atoms with Gasteiger partial charge in [0.25, 0.3) is 0 Å². The van der Waals surface area contributed by atoms with Crippen molar-refractivity contribution in [3.8, 4) is 0 Å². The predicted octanol–water partition coefficient (Wildman–Crippen LogP) is 6.27. The summed E-state index contributed by atoms with van der Waals surface area (Å²) < 4.78 is 0. The molecule has 4 aliphatic carbocycles. The Morgan fingerprint density at radius 2 is 1.82 bits per heavy atom. The first-order valence-corrected chi connectivity index (χ1v) is 14.7. The van der Waals surface area contributed by atoms with E-state index in [-0.39, 0.29) is 5.41 Å². The van der Waals surface area contributed by atoms with Crippen LogP contribution in [0.25, 0.3) is 0 Å². The molecule has 0 spiro atoms. The number of fused-ring (bicyclic) bond motifs is 5. The summed E-state index contributed by atoms with van der Waals surface area (Å²) >= 11 is 2.13. The van der Waals surface area contributed by atoms with Crippen molar-refractivity contribution in [3.05, 3.63) is 23.3 Å². The van der Waals surface area contributed by atoms with Gasteiger partial charge in [-0.15, -0.1) is 0 Å². The Bertz CT molecular complexity index is 771. The topological polar surface area (TPSA) is 60.7 Å². The van der Waals surface area contributed by atoms with Crippen LogP contribution in [-0.2, 0) is 0 Å². The van der Waals surface area contributed by atoms with E-state index >= 15 is 0 Å². The molecule has 4 rings (SSSR count). The van der Waals surface area contributed by atoms with E-state index in [0.29, 0.717) is 28.9 Å². The van der Waals surface area contributed by atoms with Crippen LogP contribution in [0.4, 0.5) is 0 Å². The maximum absolute atomic E-state index is 11.1. The summed E-state index contributed by atoms with van der Waals surface area (Å²) in [4.78, 5) is 0. The molecule has 0 saturated heterocycles. The Balaban J connectivity index is 1.44. The summed E-state index contributed by atoms with van der Waals surface area (Å²) in [6.45, 7) is 11.5. The second-order valence-electron chi connectivity index (χ2n) is 12.2. The highest BCUT2D eigenvalue weighted by molar-refractivity contribution is 7.99. The van der Waals surface area contributed by atoms with E-state index in [9.17, 15) is 15.3 Å². The van der Waals surface area contributed by atoms with Crippen LogP contribution in [0.5, 0.6) is 0 Å². The van der Waals surface area contributed by atoms with Gasteiger partial charge in [0.1, 0.15) is 0 Å². The van der Waals surface area contributed by atoms with Gasteiger partial charge in [-0.2, -0.15) is 11.8 Å². The lowest BCUT2D eigenvalue weighted by atomic mass is 9.49. The fraction of sp³-hybridized carbons (Fsp3) is 0.862. The zero-order valence-electron chi connectivity index (χ0n) is 21.6. The monoisotopic (exact) mass is 476 g/mol. The Labute approximate surface area is 206 Å². The molecule has 1 unspecified atom stereocenters. The number of allylic oxidation sites excluding steroid dienone is 3. The second kappa shape index (κ2) is 9.64. The van der Waals surface area contributed by atoms with Crippen molar-refractivity contribution in [1.82, 2.24) is 0 Å². The first-order chi connectivity index (χ1) is 15.6. The van der Waals surface area contributed by atoms with Gasteiger partial charge in [-0.3, -0.25) is 0 Å². The lowest BCUT2D eigenvalue weighted by molar-refractivity contribution is -0.0526. The number of thioether (sulfide) groups is 1. The molecule has 3 nitrogen and oxygen atoms in total. The van der Waals surface area contributed by atoms with Gasteiger partial charge in [-0.05, 0) is 86.7 Å². The second-order valence-corrected chi connectivity index (χ2v) is 13.7. The molecule has 8 atom stereocenters. The van der Waals surface area contributed by atoms with E-state index in [0.717, 1.165) is 50.2 Å². The number of rotatable bonds is 8. The van der Waals surface area contributed by atoms with E-state index in [2.05, 4.69) is 58.5 Å². The van der Waals surface area contributed by atoms with Crippen molar-refractivity contribution < 1.29 is 15.3 Å². The predicted molar refractivity (Wildman–Crippen MR) is 139 cm³/mol. The maximum atomic E-state index is 11.1. The van der Waals surface area contributed by atoms with E-state index in [1.165, 1.54) is 24.8 Å². The van der Waals surface area contributed by atoms with Gasteiger partial charge in [0, 0.05) is 17.1 Å². The first kappa shape index (κ1) is 25.8. The Morgan fingerprint density at radius 3 is 2.52 bits per heavy atom. The molecule has 0 bridgehead atoms. The van der Waals surface area contributed by atoms with Gasteiger partial charge < -0.3 is 15.3 Å². The van der Waals surface area contributed by atoms with Crippen molar-refractivity contribution in [2.24, 2.45) is 28.6 Å². The van der Waals surface area contributed by atoms with Crippen LogP contribution in [0.3, 0.4) is 0 Å². The molecule has 0 heterocycles. The zero-order chi connectivity index (χ0) is 24.0. The molecule has 4 aliphatic rings. The summed E-state index contributed by atoms with van der Waals surface area (Å²) in [5, 5.41) is 32.6. The van der Waals surface area contributed by atoms with E-state index in [1.54, 1.807) is 5.57 Å². The Kier molecular flexibility index (Phi) is 7.53. The molecule has 3 fully saturated rings. The molecular formula is C29H48O3S. The van der Waals surface area contributed by atoms with Crippen LogP contribution < -0.4 is 0 Å². The fourth-order valence-electron chi connectivity index (χ4n) is 8.25. The molecule has 4 heteroatoms. The van der Waals surface area contributed by atoms with Gasteiger partial charge in [0.05, 0.1) is 17.8 Å². The zero-order valence-corrected chi connectivity index (χ0v) is 22.5. The van der Waals surface area contributed by atoms with Gasteiger partial charge >= 0.3 is 0 Å². The van der Waals surface area contributed by atoms with Gasteiger partial charge in [0.15, 0.2) is 0 Å². The number of aliphatic hydroxyl groups excluding tert-OH is 2. The minimum atomic E-state index is -0.470. The summed E-state index contributed by atoms with van der Waals surface area (Å²) in [5.41, 5.74) is 2.55. The lowest BCUT2D eigenvalue weighted by Crippen LogP contribution is -2.52. The number of hydrogen-bond donors (Lipinski definition) is 3. The highest BCUT2D eigenvalue weighted by Crippen LogP contribution is 2.66. The van der Waals surface area contributed by atoms with Crippen molar-refractivity contribution in [2.75, 3.05) is 5.75 Å². The van der Waals surface area contributed by atoms with Gasteiger partial charge in [-0.25, -0.2) is 0 Å². The third kappa shape index (κ3) is 4.41. The molecule has 188 valence electrons. The van der Waals surface area contributed by atoms with Crippen LogP contribution in [0.2, 0.25) is 0 Å². The van der Waals surface area contributed by atoms with Crippen LogP contribution in [0.15, 0.2) is 23.3 Å². The first-order valence-electron chi connectivity index (χ1n) is 13.7. The van der Waals surface area contributed by atoms with E-state index in [4.69, 9.17) is 0 Å². The normalized spacial score (nSPS) is 41.5. The average molecular weight is 477 g/mol. The Morgan fingerprint density at radius 1 is 1.09 bits per heavy atom. The van der Waals surface area contributed by atoms with Crippen molar-refractivity contribution in [3.63, 3.8) is 0 Å². The lowest BCUT2D eigenvalue weighted by Gasteiger charge is -2.56. The summed E-state index contributed by atoms with van der Waals surface area (Å²) in [6.07, 6.45) is 13.8. The van der Waals surface area contributed by atoms with Crippen molar-refractivity contribution in [1.29, 1.82) is 0 Å². The summed E-state index contributed by atoms with van der Waals surface area (Å²) in [5.74, 6) is 2.94. The quantitative estimate of drug-likeness (QED) is 0.361. The number of aliphatic hydroxyl groups is 3. The SMILES string of the molecule is CCC(O)(CC)CCCSC(C)[C@H]1CC[C@H]2C3=CC=C4C[C@@H](O)C[C@H](O)[C@]4(C)[C@H]3CC[C@]12C. The van der Waals surface area contributed by atoms with Crippen LogP contribution in [0, 0.1) is 28.6 Å². The smallest absolute Gasteiger partial charge is 0.0661 e. The fourth-order valence-corrected chi connectivity index (χ4v) is 9.61.